The van der Waals surface area contributed by atoms with Crippen LogP contribution in [-0.2, 0) is 9.53 Å². The van der Waals surface area contributed by atoms with Gasteiger partial charge in [-0.05, 0) is 31.9 Å². The predicted molar refractivity (Wildman–Crippen MR) is 79.3 cm³/mol. The fourth-order valence-electron chi connectivity index (χ4n) is 3.08. The average Bonchev–Trinajstić information content (AvgIpc) is 2.95. The molecule has 0 spiro atoms. The van der Waals surface area contributed by atoms with Crippen LogP contribution in [0.4, 0.5) is 0 Å². The highest BCUT2D eigenvalue weighted by molar-refractivity contribution is 8.00. The van der Waals surface area contributed by atoms with Crippen LogP contribution in [0.15, 0.2) is 0 Å². The number of nitrogens with one attached hydrogen (secondary N) is 1. The smallest absolute Gasteiger partial charge is 0.249 e. The first-order chi connectivity index (χ1) is 9.19. The number of nitrogens with two attached hydrogens (primary N) is 1. The zero-order chi connectivity index (χ0) is 13.7. The Bertz CT molecular complexity index is 306. The molecule has 5 heteroatoms. The van der Waals surface area contributed by atoms with Gasteiger partial charge in [0.2, 0.25) is 5.91 Å². The Morgan fingerprint density at radius 1 is 1.37 bits per heavy atom. The molecule has 1 saturated carbocycles. The third-order valence-electron chi connectivity index (χ3n) is 4.45. The van der Waals surface area contributed by atoms with E-state index in [0.717, 1.165) is 19.4 Å². The second kappa shape index (κ2) is 6.95. The van der Waals surface area contributed by atoms with Gasteiger partial charge in [-0.25, -0.2) is 0 Å². The molecule has 110 valence electrons. The number of carbonyl (C=O) groups excluding carboxylic acids is 1. The van der Waals surface area contributed by atoms with Gasteiger partial charge in [0.05, 0.1) is 6.10 Å². The van der Waals surface area contributed by atoms with Crippen LogP contribution >= 0.6 is 11.8 Å². The van der Waals surface area contributed by atoms with Gasteiger partial charge in [0.1, 0.15) is 6.10 Å². The predicted octanol–water partition coefficient (Wildman–Crippen LogP) is 1.67. The van der Waals surface area contributed by atoms with Crippen molar-refractivity contribution in [3.63, 3.8) is 0 Å². The summed E-state index contributed by atoms with van der Waals surface area (Å²) in [6.45, 7) is 1.29. The van der Waals surface area contributed by atoms with Gasteiger partial charge in [-0.2, -0.15) is 11.8 Å². The quantitative estimate of drug-likeness (QED) is 0.807. The summed E-state index contributed by atoms with van der Waals surface area (Å²) in [6, 6.07) is 0. The molecule has 2 fully saturated rings. The van der Waals surface area contributed by atoms with Crippen LogP contribution in [0.25, 0.3) is 0 Å². The molecule has 1 heterocycles. The Kier molecular flexibility index (Phi) is 5.54. The van der Waals surface area contributed by atoms with Crippen LogP contribution in [0, 0.1) is 0 Å². The summed E-state index contributed by atoms with van der Waals surface area (Å²) < 4.78 is 5.88. The molecular formula is C14H26N2O2S. The average molecular weight is 286 g/mol. The number of ether oxygens (including phenoxy) is 1. The van der Waals surface area contributed by atoms with E-state index in [0.29, 0.717) is 6.54 Å². The highest BCUT2D eigenvalue weighted by Gasteiger charge is 2.34. The molecule has 1 aliphatic carbocycles. The van der Waals surface area contributed by atoms with Crippen molar-refractivity contribution >= 4 is 17.7 Å². The van der Waals surface area contributed by atoms with Gasteiger partial charge in [-0.15, -0.1) is 0 Å². The van der Waals surface area contributed by atoms with Crippen molar-refractivity contribution in [3.8, 4) is 0 Å². The van der Waals surface area contributed by atoms with Crippen molar-refractivity contribution in [2.75, 3.05) is 19.3 Å². The van der Waals surface area contributed by atoms with Crippen molar-refractivity contribution < 1.29 is 9.53 Å². The fraction of sp³-hybridized carbons (Fsp3) is 0.929. The molecule has 1 aliphatic heterocycles. The molecule has 0 aromatic heterocycles. The molecule has 2 aliphatic rings. The van der Waals surface area contributed by atoms with Crippen molar-refractivity contribution in [1.29, 1.82) is 0 Å². The lowest BCUT2D eigenvalue weighted by Gasteiger charge is -2.36. The molecular weight excluding hydrogens is 260 g/mol. The zero-order valence-electron chi connectivity index (χ0n) is 11.8. The normalized spacial score (nSPS) is 30.2. The standard InChI is InChI=1S/C14H26N2O2S/c1-19-14(7-3-2-4-8-14)10-16-13(17)12-6-5-11(9-15)18-12/h11-12H,2-10,15H2,1H3,(H,16,17). The number of rotatable bonds is 5. The van der Waals surface area contributed by atoms with Crippen LogP contribution < -0.4 is 11.1 Å². The Labute approximate surface area is 120 Å². The van der Waals surface area contributed by atoms with E-state index in [4.69, 9.17) is 10.5 Å². The monoisotopic (exact) mass is 286 g/mol. The third-order valence-corrected chi connectivity index (χ3v) is 5.86. The second-order valence-corrected chi connectivity index (χ2v) is 7.00. The molecule has 4 nitrogen and oxygen atoms in total. The number of thioether (sulfide) groups is 1. The largest absolute Gasteiger partial charge is 0.364 e. The topological polar surface area (TPSA) is 64.4 Å². The maximum atomic E-state index is 12.1. The maximum Gasteiger partial charge on any atom is 0.249 e. The van der Waals surface area contributed by atoms with E-state index in [2.05, 4.69) is 11.6 Å². The fourth-order valence-corrected chi connectivity index (χ4v) is 4.00. The molecule has 1 saturated heterocycles. The van der Waals surface area contributed by atoms with Crippen LogP contribution in [0.2, 0.25) is 0 Å². The van der Waals surface area contributed by atoms with Gasteiger partial charge in [-0.3, -0.25) is 4.79 Å². The Hall–Kier alpha value is -0.260. The third kappa shape index (κ3) is 3.86. The van der Waals surface area contributed by atoms with E-state index in [1.165, 1.54) is 32.1 Å². The molecule has 0 bridgehead atoms. The Balaban J connectivity index is 1.79. The van der Waals surface area contributed by atoms with E-state index in [1.54, 1.807) is 0 Å². The van der Waals surface area contributed by atoms with Crippen molar-refractivity contribution in [1.82, 2.24) is 5.32 Å². The Morgan fingerprint density at radius 2 is 2.11 bits per heavy atom. The number of hydrogen-bond acceptors (Lipinski definition) is 4. The molecule has 19 heavy (non-hydrogen) atoms. The van der Waals surface area contributed by atoms with Gasteiger partial charge in [0, 0.05) is 17.8 Å². The molecule has 2 unspecified atom stereocenters. The second-order valence-electron chi connectivity index (χ2n) is 5.73. The zero-order valence-corrected chi connectivity index (χ0v) is 12.6. The van der Waals surface area contributed by atoms with Crippen LogP contribution in [-0.4, -0.2) is 42.2 Å². The van der Waals surface area contributed by atoms with Crippen LogP contribution in [0.3, 0.4) is 0 Å². The van der Waals surface area contributed by atoms with E-state index in [9.17, 15) is 4.79 Å². The highest BCUT2D eigenvalue weighted by atomic mass is 32.2. The van der Waals surface area contributed by atoms with Gasteiger partial charge in [0.25, 0.3) is 0 Å². The molecule has 2 rings (SSSR count). The lowest BCUT2D eigenvalue weighted by Crippen LogP contribution is -2.45. The lowest BCUT2D eigenvalue weighted by atomic mass is 9.88. The minimum Gasteiger partial charge on any atom is -0.364 e. The van der Waals surface area contributed by atoms with Crippen LogP contribution in [0.5, 0.6) is 0 Å². The lowest BCUT2D eigenvalue weighted by molar-refractivity contribution is -0.132. The van der Waals surface area contributed by atoms with E-state index >= 15 is 0 Å². The SMILES string of the molecule is CSC1(CNC(=O)C2CCC(CN)O2)CCCCC1. The first-order valence-electron chi connectivity index (χ1n) is 7.37. The maximum absolute atomic E-state index is 12.1. The summed E-state index contributed by atoms with van der Waals surface area (Å²) in [5, 5.41) is 3.11. The van der Waals surface area contributed by atoms with Crippen molar-refractivity contribution in [2.45, 2.75) is 61.9 Å². The van der Waals surface area contributed by atoms with E-state index < -0.39 is 0 Å². The number of amides is 1. The van der Waals surface area contributed by atoms with Crippen molar-refractivity contribution in [3.05, 3.63) is 0 Å². The van der Waals surface area contributed by atoms with Gasteiger partial charge in [0.15, 0.2) is 0 Å². The summed E-state index contributed by atoms with van der Waals surface area (Å²) >= 11 is 1.91. The number of carbonyl (C=O) groups is 1. The summed E-state index contributed by atoms with van der Waals surface area (Å²) in [4.78, 5) is 12.1. The summed E-state index contributed by atoms with van der Waals surface area (Å²) in [5.41, 5.74) is 5.57. The first kappa shape index (κ1) is 15.1. The van der Waals surface area contributed by atoms with E-state index in [-0.39, 0.29) is 22.9 Å². The van der Waals surface area contributed by atoms with E-state index in [1.807, 2.05) is 11.8 Å². The van der Waals surface area contributed by atoms with Gasteiger partial charge < -0.3 is 15.8 Å². The molecule has 2 atom stereocenters. The van der Waals surface area contributed by atoms with Crippen molar-refractivity contribution in [2.24, 2.45) is 5.73 Å². The Morgan fingerprint density at radius 3 is 2.68 bits per heavy atom. The minimum absolute atomic E-state index is 0.0509. The summed E-state index contributed by atoms with van der Waals surface area (Å²) in [7, 11) is 0. The van der Waals surface area contributed by atoms with Gasteiger partial charge in [-0.1, -0.05) is 19.3 Å². The molecule has 1 amide bonds. The molecule has 0 aromatic carbocycles. The summed E-state index contributed by atoms with van der Waals surface area (Å²) in [6.07, 6.45) is 9.99. The molecule has 0 radical (unpaired) electrons. The van der Waals surface area contributed by atoms with Crippen LogP contribution in [0.1, 0.15) is 44.9 Å². The summed E-state index contributed by atoms with van der Waals surface area (Å²) in [5.74, 6) is 0.0509. The molecule has 3 N–H and O–H groups in total. The molecule has 0 aromatic rings. The first-order valence-corrected chi connectivity index (χ1v) is 8.60. The minimum atomic E-state index is -0.281. The van der Waals surface area contributed by atoms with Gasteiger partial charge >= 0.3 is 0 Å². The number of hydrogen-bond donors (Lipinski definition) is 2. The highest BCUT2D eigenvalue weighted by Crippen LogP contribution is 2.38.